The van der Waals surface area contributed by atoms with Gasteiger partial charge in [0.1, 0.15) is 5.76 Å². The van der Waals surface area contributed by atoms with E-state index in [1.165, 1.54) is 11.2 Å². The summed E-state index contributed by atoms with van der Waals surface area (Å²) >= 11 is 1.09. The molecule has 3 aromatic rings. The van der Waals surface area contributed by atoms with Gasteiger partial charge in [0.05, 0.1) is 6.26 Å². The van der Waals surface area contributed by atoms with Crippen molar-refractivity contribution in [3.8, 4) is 0 Å². The second-order valence-corrected chi connectivity index (χ2v) is 8.97. The Hall–Kier alpha value is -3.00. The zero-order valence-corrected chi connectivity index (χ0v) is 19.3. The molecule has 0 saturated heterocycles. The fraction of sp³-hybridized carbons (Fsp3) is 0.391. The first-order chi connectivity index (χ1) is 14.7. The van der Waals surface area contributed by atoms with Crippen molar-refractivity contribution < 1.29 is 14.0 Å². The lowest BCUT2D eigenvalue weighted by Crippen LogP contribution is -2.50. The summed E-state index contributed by atoms with van der Waals surface area (Å²) in [5, 5.41) is 8.56. The van der Waals surface area contributed by atoms with Crippen LogP contribution < -0.4 is 10.2 Å². The van der Waals surface area contributed by atoms with Crippen LogP contribution in [0.25, 0.3) is 0 Å². The maximum absolute atomic E-state index is 13.5. The maximum Gasteiger partial charge on any atom is 0.280 e. The molecule has 0 saturated carbocycles. The van der Waals surface area contributed by atoms with E-state index in [1.54, 1.807) is 17.5 Å². The maximum atomic E-state index is 13.5. The van der Waals surface area contributed by atoms with Crippen LogP contribution in [0.5, 0.6) is 0 Å². The van der Waals surface area contributed by atoms with Crippen molar-refractivity contribution in [2.75, 3.05) is 4.90 Å². The predicted molar refractivity (Wildman–Crippen MR) is 121 cm³/mol. The molecule has 7 nitrogen and oxygen atoms in total. The quantitative estimate of drug-likeness (QED) is 0.535. The van der Waals surface area contributed by atoms with E-state index in [9.17, 15) is 9.59 Å². The summed E-state index contributed by atoms with van der Waals surface area (Å²) in [5.41, 5.74) is 1.45. The van der Waals surface area contributed by atoms with Gasteiger partial charge in [0.15, 0.2) is 11.7 Å². The Balaban J connectivity index is 2.11. The smallest absolute Gasteiger partial charge is 0.280 e. The van der Waals surface area contributed by atoms with Crippen LogP contribution in [0.15, 0.2) is 52.5 Å². The molecule has 0 fully saturated rings. The summed E-state index contributed by atoms with van der Waals surface area (Å²) in [6.45, 7) is 10.1. The van der Waals surface area contributed by atoms with Gasteiger partial charge in [-0.05, 0) is 67.5 Å². The highest BCUT2D eigenvalue weighted by atomic mass is 32.1. The Bertz CT molecular complexity index is 996. The van der Waals surface area contributed by atoms with E-state index in [4.69, 9.17) is 4.42 Å². The first-order valence-electron chi connectivity index (χ1n) is 10.3. The Morgan fingerprint density at radius 2 is 1.90 bits per heavy atom. The molecule has 2 amide bonds. The largest absolute Gasteiger partial charge is 0.467 e. The molecular formula is C23H28N4O3S. The Morgan fingerprint density at radius 3 is 2.42 bits per heavy atom. The van der Waals surface area contributed by atoms with Crippen LogP contribution in [0.4, 0.5) is 5.69 Å². The van der Waals surface area contributed by atoms with Crippen LogP contribution in [0, 0.1) is 0 Å². The van der Waals surface area contributed by atoms with Crippen molar-refractivity contribution in [3.63, 3.8) is 0 Å². The number of carbonyl (C=O) groups excluding carboxylic acids is 2. The molecule has 1 unspecified atom stereocenters. The van der Waals surface area contributed by atoms with Crippen molar-refractivity contribution in [2.45, 2.75) is 58.5 Å². The number of aromatic nitrogens is 2. The molecule has 0 spiro atoms. The molecule has 31 heavy (non-hydrogen) atoms. The number of anilines is 1. The third-order valence-corrected chi connectivity index (χ3v) is 5.81. The summed E-state index contributed by atoms with van der Waals surface area (Å²) in [7, 11) is 0. The minimum absolute atomic E-state index is 0.178. The molecule has 0 radical (unpaired) electrons. The van der Waals surface area contributed by atoms with Crippen LogP contribution in [0.1, 0.15) is 74.8 Å². The fourth-order valence-electron chi connectivity index (χ4n) is 3.10. The molecule has 2 heterocycles. The third kappa shape index (κ3) is 5.19. The van der Waals surface area contributed by atoms with Gasteiger partial charge in [0.2, 0.25) is 0 Å². The lowest BCUT2D eigenvalue weighted by atomic mass is 9.99. The molecule has 1 aromatic carbocycles. The van der Waals surface area contributed by atoms with E-state index in [1.807, 2.05) is 45.0 Å². The van der Waals surface area contributed by atoms with Gasteiger partial charge in [-0.25, -0.2) is 0 Å². The molecule has 0 aliphatic carbocycles. The summed E-state index contributed by atoms with van der Waals surface area (Å²) < 4.78 is 9.43. The van der Waals surface area contributed by atoms with Crippen LogP contribution in [-0.2, 0) is 4.79 Å². The monoisotopic (exact) mass is 440 g/mol. The van der Waals surface area contributed by atoms with Crippen molar-refractivity contribution >= 4 is 29.0 Å². The third-order valence-electron chi connectivity index (χ3n) is 5.30. The van der Waals surface area contributed by atoms with Gasteiger partial charge in [0, 0.05) is 16.6 Å². The van der Waals surface area contributed by atoms with Gasteiger partial charge in [-0.2, -0.15) is 0 Å². The number of nitrogens with zero attached hydrogens (tertiary/aromatic N) is 3. The molecule has 8 heteroatoms. The number of hydrogen-bond acceptors (Lipinski definition) is 6. The van der Waals surface area contributed by atoms with Crippen molar-refractivity contribution in [1.82, 2.24) is 14.9 Å². The van der Waals surface area contributed by atoms with E-state index in [2.05, 4.69) is 28.8 Å². The summed E-state index contributed by atoms with van der Waals surface area (Å²) in [6.07, 6.45) is 2.23. The number of nitrogens with one attached hydrogen (secondary N) is 1. The second-order valence-electron chi connectivity index (χ2n) is 8.36. The standard InChI is InChI=1S/C23H28N4O3S/c1-6-23(4,5)24-21(28)20(19-8-7-13-30-19)27(22(29)18-14-31-26-25-18)17-11-9-16(10-12-17)15(2)3/h7-15,20H,6H2,1-5H3,(H,24,28). The normalized spacial score (nSPS) is 12.6. The van der Waals surface area contributed by atoms with Crippen LogP contribution in [-0.4, -0.2) is 26.9 Å². The minimum atomic E-state index is -1.00. The van der Waals surface area contributed by atoms with Gasteiger partial charge in [-0.1, -0.05) is 37.4 Å². The fourth-order valence-corrected chi connectivity index (χ4v) is 3.53. The number of rotatable bonds is 8. The lowest BCUT2D eigenvalue weighted by Gasteiger charge is -2.33. The van der Waals surface area contributed by atoms with Gasteiger partial charge in [-0.3, -0.25) is 14.5 Å². The van der Waals surface area contributed by atoms with E-state index >= 15 is 0 Å². The molecule has 3 rings (SSSR count). The topological polar surface area (TPSA) is 88.3 Å². The highest BCUT2D eigenvalue weighted by Gasteiger charge is 2.38. The Kier molecular flexibility index (Phi) is 6.90. The summed E-state index contributed by atoms with van der Waals surface area (Å²) in [6, 6.07) is 10.0. The first-order valence-corrected chi connectivity index (χ1v) is 11.1. The van der Waals surface area contributed by atoms with E-state index in [-0.39, 0.29) is 11.6 Å². The molecule has 1 N–H and O–H groups in total. The SMILES string of the molecule is CCC(C)(C)NC(=O)C(c1ccco1)N(C(=O)c1csnn1)c1ccc(C(C)C)cc1. The Morgan fingerprint density at radius 1 is 1.19 bits per heavy atom. The zero-order chi connectivity index (χ0) is 22.6. The molecule has 0 bridgehead atoms. The lowest BCUT2D eigenvalue weighted by molar-refractivity contribution is -0.124. The van der Waals surface area contributed by atoms with Crippen LogP contribution >= 0.6 is 11.5 Å². The van der Waals surface area contributed by atoms with Crippen molar-refractivity contribution in [2.24, 2.45) is 0 Å². The number of amides is 2. The Labute approximate surface area is 186 Å². The molecule has 1 atom stereocenters. The summed E-state index contributed by atoms with van der Waals surface area (Å²) in [4.78, 5) is 28.4. The van der Waals surface area contributed by atoms with E-state index < -0.39 is 17.5 Å². The molecule has 164 valence electrons. The second kappa shape index (κ2) is 9.43. The van der Waals surface area contributed by atoms with Gasteiger partial charge in [-0.15, -0.1) is 5.10 Å². The first kappa shape index (κ1) is 22.7. The van der Waals surface area contributed by atoms with Crippen molar-refractivity contribution in [3.05, 3.63) is 65.1 Å². The van der Waals surface area contributed by atoms with E-state index in [0.717, 1.165) is 23.5 Å². The summed E-state index contributed by atoms with van der Waals surface area (Å²) in [5.74, 6) is -0.0347. The number of hydrogen-bond donors (Lipinski definition) is 1. The predicted octanol–water partition coefficient (Wildman–Crippen LogP) is 4.95. The molecule has 0 aliphatic heterocycles. The highest BCUT2D eigenvalue weighted by molar-refractivity contribution is 7.03. The average Bonchev–Trinajstić information content (AvgIpc) is 3.45. The average molecular weight is 441 g/mol. The molecule has 2 aromatic heterocycles. The van der Waals surface area contributed by atoms with Gasteiger partial charge >= 0.3 is 0 Å². The van der Waals surface area contributed by atoms with Crippen LogP contribution in [0.3, 0.4) is 0 Å². The van der Waals surface area contributed by atoms with E-state index in [0.29, 0.717) is 17.4 Å². The molecular weight excluding hydrogens is 412 g/mol. The highest BCUT2D eigenvalue weighted by Crippen LogP contribution is 2.31. The van der Waals surface area contributed by atoms with Gasteiger partial charge < -0.3 is 9.73 Å². The number of benzene rings is 1. The minimum Gasteiger partial charge on any atom is -0.467 e. The number of furan rings is 1. The zero-order valence-electron chi connectivity index (χ0n) is 18.5. The van der Waals surface area contributed by atoms with Crippen LogP contribution in [0.2, 0.25) is 0 Å². The van der Waals surface area contributed by atoms with Gasteiger partial charge in [0.25, 0.3) is 11.8 Å². The van der Waals surface area contributed by atoms with Crippen molar-refractivity contribution in [1.29, 1.82) is 0 Å². The number of carbonyl (C=O) groups is 2. The molecule has 0 aliphatic rings.